The molecule has 0 radical (unpaired) electrons. The highest BCUT2D eigenvalue weighted by atomic mass is 32.2. The van der Waals surface area contributed by atoms with Crippen molar-refractivity contribution >= 4 is 57.4 Å². The molecule has 8 nitrogen and oxygen atoms in total. The Kier molecular flexibility index (Phi) is 6.22. The predicted octanol–water partition coefficient (Wildman–Crippen LogP) is 2.79. The van der Waals surface area contributed by atoms with Crippen LogP contribution in [0.4, 0.5) is 5.69 Å². The predicted molar refractivity (Wildman–Crippen MR) is 110 cm³/mol. The number of carbonyl (C=O) groups is 3. The number of carboxylic acids is 1. The fourth-order valence-corrected chi connectivity index (χ4v) is 3.92. The first-order valence-corrected chi connectivity index (χ1v) is 9.95. The molecule has 1 aliphatic rings. The van der Waals surface area contributed by atoms with E-state index in [1.807, 2.05) is 24.4 Å². The van der Waals surface area contributed by atoms with Crippen LogP contribution in [0.3, 0.4) is 0 Å². The van der Waals surface area contributed by atoms with E-state index in [9.17, 15) is 14.4 Å². The minimum absolute atomic E-state index is 0.0103. The molecular weight excluding hydrogens is 400 g/mol. The molecule has 3 N–H and O–H groups in total. The molecule has 144 valence electrons. The number of aromatic carboxylic acids is 1. The molecular formula is C18H16N4O4S2. The lowest BCUT2D eigenvalue weighted by Gasteiger charge is -2.21. The SMILES string of the molecule is C/C(=N/N=C1/NC(=O)CC(C(=O)Nc2ccc(C(=O)O)cc2)S1)c1cccs1. The number of carbonyl (C=O) groups excluding carboxylic acids is 2. The fourth-order valence-electron chi connectivity index (χ4n) is 2.31. The summed E-state index contributed by atoms with van der Waals surface area (Å²) in [5, 5.41) is 23.9. The maximum atomic E-state index is 12.5. The van der Waals surface area contributed by atoms with Gasteiger partial charge in [0.1, 0.15) is 5.25 Å². The number of benzene rings is 1. The number of nitrogens with one attached hydrogen (secondary N) is 2. The summed E-state index contributed by atoms with van der Waals surface area (Å²) in [6.07, 6.45) is 0.0103. The molecule has 1 aliphatic heterocycles. The third-order valence-electron chi connectivity index (χ3n) is 3.73. The summed E-state index contributed by atoms with van der Waals surface area (Å²) in [7, 11) is 0. The van der Waals surface area contributed by atoms with E-state index in [0.717, 1.165) is 16.6 Å². The maximum Gasteiger partial charge on any atom is 0.335 e. The van der Waals surface area contributed by atoms with Crippen LogP contribution in [0.5, 0.6) is 0 Å². The monoisotopic (exact) mass is 416 g/mol. The second-order valence-electron chi connectivity index (χ2n) is 5.80. The van der Waals surface area contributed by atoms with Crippen molar-refractivity contribution in [3.63, 3.8) is 0 Å². The highest BCUT2D eigenvalue weighted by Gasteiger charge is 2.30. The molecule has 0 bridgehead atoms. The molecule has 1 fully saturated rings. The molecule has 0 aliphatic carbocycles. The Hall–Kier alpha value is -2.98. The van der Waals surface area contributed by atoms with Gasteiger partial charge in [0, 0.05) is 12.1 Å². The van der Waals surface area contributed by atoms with Crippen molar-refractivity contribution in [2.75, 3.05) is 5.32 Å². The Labute approximate surface area is 168 Å². The summed E-state index contributed by atoms with van der Waals surface area (Å²) in [5.74, 6) is -1.73. The highest BCUT2D eigenvalue weighted by Crippen LogP contribution is 2.23. The molecule has 1 aromatic carbocycles. The van der Waals surface area contributed by atoms with Crippen molar-refractivity contribution in [2.45, 2.75) is 18.6 Å². The van der Waals surface area contributed by atoms with E-state index in [-0.39, 0.29) is 29.0 Å². The molecule has 1 saturated heterocycles. The van der Waals surface area contributed by atoms with Gasteiger partial charge in [-0.3, -0.25) is 9.59 Å². The largest absolute Gasteiger partial charge is 0.478 e. The summed E-state index contributed by atoms with van der Waals surface area (Å²) in [4.78, 5) is 36.3. The number of rotatable bonds is 5. The van der Waals surface area contributed by atoms with Crippen LogP contribution in [-0.2, 0) is 9.59 Å². The van der Waals surface area contributed by atoms with Crippen molar-refractivity contribution in [2.24, 2.45) is 10.2 Å². The van der Waals surface area contributed by atoms with Gasteiger partial charge in [0.25, 0.3) is 0 Å². The number of thioether (sulfide) groups is 1. The van der Waals surface area contributed by atoms with E-state index in [4.69, 9.17) is 5.11 Å². The number of carboxylic acid groups (broad SMARTS) is 1. The average Bonchev–Trinajstić information content (AvgIpc) is 3.21. The first-order valence-electron chi connectivity index (χ1n) is 8.19. The molecule has 10 heteroatoms. The zero-order valence-corrected chi connectivity index (χ0v) is 16.3. The van der Waals surface area contributed by atoms with Crippen LogP contribution in [0.1, 0.15) is 28.6 Å². The Morgan fingerprint density at radius 1 is 1.25 bits per heavy atom. The Balaban J connectivity index is 1.67. The molecule has 28 heavy (non-hydrogen) atoms. The summed E-state index contributed by atoms with van der Waals surface area (Å²) in [5.41, 5.74) is 1.28. The number of hydrogen-bond donors (Lipinski definition) is 3. The van der Waals surface area contributed by atoms with Crippen molar-refractivity contribution in [1.29, 1.82) is 0 Å². The van der Waals surface area contributed by atoms with Gasteiger partial charge in [0.05, 0.1) is 16.2 Å². The Morgan fingerprint density at radius 3 is 2.64 bits per heavy atom. The van der Waals surface area contributed by atoms with Crippen molar-refractivity contribution in [3.8, 4) is 0 Å². The summed E-state index contributed by atoms with van der Waals surface area (Å²) in [6.45, 7) is 1.82. The minimum Gasteiger partial charge on any atom is -0.478 e. The summed E-state index contributed by atoms with van der Waals surface area (Å²) < 4.78 is 0. The van der Waals surface area contributed by atoms with Crippen molar-refractivity contribution < 1.29 is 19.5 Å². The molecule has 2 heterocycles. The van der Waals surface area contributed by atoms with Crippen molar-refractivity contribution in [1.82, 2.24) is 5.32 Å². The standard InChI is InChI=1S/C18H16N4O4S2/c1-10(13-3-2-8-27-13)21-22-18-20-15(23)9-14(28-18)16(24)19-12-6-4-11(5-7-12)17(25)26/h2-8,14H,9H2,1H3,(H,19,24)(H,25,26)(H,20,22,23)/b21-10-. The number of thiophene rings is 1. The lowest BCUT2D eigenvalue weighted by atomic mass is 10.2. The van der Waals surface area contributed by atoms with Crippen LogP contribution >= 0.6 is 23.1 Å². The first kappa shape index (κ1) is 19.8. The zero-order valence-electron chi connectivity index (χ0n) is 14.7. The molecule has 3 rings (SSSR count). The number of nitrogens with zero attached hydrogens (tertiary/aromatic N) is 2. The highest BCUT2D eigenvalue weighted by molar-refractivity contribution is 8.15. The zero-order chi connectivity index (χ0) is 20.1. The van der Waals surface area contributed by atoms with E-state index in [0.29, 0.717) is 11.4 Å². The summed E-state index contributed by atoms with van der Waals surface area (Å²) >= 11 is 2.65. The van der Waals surface area contributed by atoms with Crippen LogP contribution < -0.4 is 10.6 Å². The van der Waals surface area contributed by atoms with Crippen molar-refractivity contribution in [3.05, 3.63) is 52.2 Å². The molecule has 0 saturated carbocycles. The molecule has 1 aromatic heterocycles. The number of hydrogen-bond acceptors (Lipinski definition) is 7. The van der Waals surface area contributed by atoms with E-state index in [2.05, 4.69) is 20.8 Å². The number of amides is 2. The second kappa shape index (κ2) is 8.81. The van der Waals surface area contributed by atoms with E-state index < -0.39 is 11.2 Å². The van der Waals surface area contributed by atoms with Gasteiger partial charge in [-0.15, -0.1) is 16.4 Å². The van der Waals surface area contributed by atoms with Gasteiger partial charge in [0.15, 0.2) is 5.17 Å². The van der Waals surface area contributed by atoms with Gasteiger partial charge in [-0.2, -0.15) is 5.10 Å². The van der Waals surface area contributed by atoms with Gasteiger partial charge in [-0.1, -0.05) is 17.8 Å². The van der Waals surface area contributed by atoms with Gasteiger partial charge in [-0.05, 0) is 42.6 Å². The van der Waals surface area contributed by atoms with E-state index in [1.165, 1.54) is 35.6 Å². The Bertz CT molecular complexity index is 952. The fraction of sp³-hybridized carbons (Fsp3) is 0.167. The quantitative estimate of drug-likeness (QED) is 0.511. The van der Waals surface area contributed by atoms with E-state index in [1.54, 1.807) is 0 Å². The normalized spacial score (nSPS) is 18.6. The molecule has 0 spiro atoms. The van der Waals surface area contributed by atoms with Gasteiger partial charge in [-0.25, -0.2) is 4.79 Å². The third-order valence-corrected chi connectivity index (χ3v) is 5.78. The Morgan fingerprint density at radius 2 is 2.00 bits per heavy atom. The number of anilines is 1. The van der Waals surface area contributed by atoms with Gasteiger partial charge < -0.3 is 15.7 Å². The van der Waals surface area contributed by atoms with Gasteiger partial charge >= 0.3 is 5.97 Å². The maximum absolute atomic E-state index is 12.5. The first-order chi connectivity index (χ1) is 13.4. The van der Waals surface area contributed by atoms with Crippen LogP contribution in [0, 0.1) is 0 Å². The van der Waals surface area contributed by atoms with Gasteiger partial charge in [0.2, 0.25) is 11.8 Å². The van der Waals surface area contributed by atoms with Crippen LogP contribution in [0.2, 0.25) is 0 Å². The topological polar surface area (TPSA) is 120 Å². The third kappa shape index (κ3) is 5.05. The number of amidine groups is 1. The molecule has 2 amide bonds. The van der Waals surface area contributed by atoms with Crippen LogP contribution in [-0.4, -0.2) is 39.0 Å². The van der Waals surface area contributed by atoms with Crippen LogP contribution in [0.15, 0.2) is 52.0 Å². The smallest absolute Gasteiger partial charge is 0.335 e. The molecule has 1 unspecified atom stereocenters. The minimum atomic E-state index is -1.04. The lowest BCUT2D eigenvalue weighted by Crippen LogP contribution is -2.41. The average molecular weight is 416 g/mol. The molecule has 1 atom stereocenters. The lowest BCUT2D eigenvalue weighted by molar-refractivity contribution is -0.123. The van der Waals surface area contributed by atoms with Crippen LogP contribution in [0.25, 0.3) is 0 Å². The van der Waals surface area contributed by atoms with E-state index >= 15 is 0 Å². The summed E-state index contributed by atoms with van der Waals surface area (Å²) in [6, 6.07) is 9.62. The molecule has 2 aromatic rings. The second-order valence-corrected chi connectivity index (χ2v) is 7.94.